The quantitative estimate of drug-likeness (QED) is 0.166. The summed E-state index contributed by atoms with van der Waals surface area (Å²) < 4.78 is 44.3. The molecule has 0 unspecified atom stereocenters. The Balaban J connectivity index is 0.000000176. The fourth-order valence-corrected chi connectivity index (χ4v) is 16.7. The molecule has 0 saturated carbocycles. The van der Waals surface area contributed by atoms with Gasteiger partial charge in [0.25, 0.3) is 0 Å². The molecule has 0 amide bonds. The maximum atomic E-state index is 8.10. The number of fused-ring (bicyclic) bond motifs is 6. The fraction of sp³-hybridized carbons (Fsp3) is 0.381. The lowest BCUT2D eigenvalue weighted by molar-refractivity contribution is 0.523. The predicted molar refractivity (Wildman–Crippen MR) is 569 cm³/mol. The number of nitrogens with zero attached hydrogens (tertiary/aromatic N) is 2. The van der Waals surface area contributed by atoms with E-state index in [0.717, 1.165) is 5.56 Å². The van der Waals surface area contributed by atoms with Gasteiger partial charge in [-0.3, -0.25) is 0 Å². The van der Waals surface area contributed by atoms with Crippen LogP contribution in [0.2, 0.25) is 0 Å². The molecule has 0 aliphatic rings. The van der Waals surface area contributed by atoms with Crippen LogP contribution in [0.1, 0.15) is 323 Å². The zero-order chi connectivity index (χ0) is 99.3. The van der Waals surface area contributed by atoms with Gasteiger partial charge in [0, 0.05) is 32.9 Å². The largest absolute Gasteiger partial charge is 0.309 e. The number of para-hydroxylation sites is 6. The Labute approximate surface area is 784 Å². The molecule has 2 heteroatoms. The Morgan fingerprint density at radius 1 is 0.188 bits per heavy atom. The summed E-state index contributed by atoms with van der Waals surface area (Å²) in [4.78, 5) is 0. The summed E-state index contributed by atoms with van der Waals surface area (Å²) in [6, 6.07) is 101. The molecule has 15 rings (SSSR count). The molecule has 0 saturated heterocycles. The molecule has 13 aromatic carbocycles. The third-order valence-electron chi connectivity index (χ3n) is 24.0. The molecule has 0 radical (unpaired) electrons. The van der Waals surface area contributed by atoms with Gasteiger partial charge in [-0.1, -0.05) is 528 Å². The van der Waals surface area contributed by atoms with Crippen molar-refractivity contribution in [1.29, 1.82) is 0 Å². The van der Waals surface area contributed by atoms with Crippen molar-refractivity contribution in [3.05, 3.63) is 382 Å². The Bertz CT molecular complexity index is 6240. The first kappa shape index (κ1) is 93.6. The molecule has 0 aliphatic carbocycles. The van der Waals surface area contributed by atoms with Crippen LogP contribution in [0.3, 0.4) is 0 Å². The number of benzene rings is 13. The maximum Gasteiger partial charge on any atom is 0.0629 e. The van der Waals surface area contributed by atoms with E-state index in [9.17, 15) is 0 Å². The minimum Gasteiger partial charge on any atom is -0.309 e. The van der Waals surface area contributed by atoms with E-state index >= 15 is 0 Å². The zero-order valence-corrected chi connectivity index (χ0v) is 85.5. The molecular weight excluding hydrogens is 1540 g/mol. The molecule has 0 bridgehead atoms. The normalized spacial score (nSPS) is 13.1. The first-order valence-electron chi connectivity index (χ1n) is 49.2. The van der Waals surface area contributed by atoms with Crippen molar-refractivity contribution >= 4 is 43.6 Å². The number of aromatic nitrogens is 2. The minimum atomic E-state index is -0.359. The summed E-state index contributed by atoms with van der Waals surface area (Å²) >= 11 is 0. The van der Waals surface area contributed by atoms with Crippen LogP contribution in [0.5, 0.6) is 0 Å². The highest BCUT2D eigenvalue weighted by Gasteiger charge is 2.31. The zero-order valence-electron chi connectivity index (χ0n) is 90.5. The second-order valence-electron chi connectivity index (χ2n) is 47.3. The number of rotatable bonds is 4. The van der Waals surface area contributed by atoms with Gasteiger partial charge in [-0.15, -0.1) is 0 Å². The van der Waals surface area contributed by atoms with E-state index in [1.165, 1.54) is 127 Å². The van der Waals surface area contributed by atoms with E-state index in [0.29, 0.717) is 5.56 Å². The average molecular weight is 1710 g/mol. The van der Waals surface area contributed by atoms with Gasteiger partial charge in [-0.2, -0.15) is 0 Å². The summed E-state index contributed by atoms with van der Waals surface area (Å²) in [5.41, 5.74) is 29.9. The van der Waals surface area contributed by atoms with Crippen molar-refractivity contribution < 1.29 is 6.85 Å². The van der Waals surface area contributed by atoms with Gasteiger partial charge < -0.3 is 9.13 Å². The molecule has 0 spiro atoms. The van der Waals surface area contributed by atoms with Crippen LogP contribution in [0, 0.1) is 0 Å². The summed E-state index contributed by atoms with van der Waals surface area (Å²) in [5.74, 6) is 0. The topological polar surface area (TPSA) is 9.86 Å². The van der Waals surface area contributed by atoms with Gasteiger partial charge in [0.2, 0.25) is 0 Å². The average Bonchev–Trinajstić information content (AvgIpc) is 1.57. The van der Waals surface area contributed by atoms with E-state index < -0.39 is 0 Å². The summed E-state index contributed by atoms with van der Waals surface area (Å²) in [5, 5.41) is 5.27. The van der Waals surface area contributed by atoms with Crippen molar-refractivity contribution in [2.24, 2.45) is 0 Å². The molecule has 674 valence electrons. The lowest BCUT2D eigenvalue weighted by Crippen LogP contribution is -2.23. The van der Waals surface area contributed by atoms with Crippen molar-refractivity contribution in [2.75, 3.05) is 0 Å². The fourth-order valence-electron chi connectivity index (χ4n) is 16.7. The number of hydrogen-bond acceptors (Lipinski definition) is 0. The smallest absolute Gasteiger partial charge is 0.0629 e. The molecule has 2 aromatic heterocycles. The van der Waals surface area contributed by atoms with E-state index in [2.05, 4.69) is 498 Å². The van der Waals surface area contributed by atoms with Crippen LogP contribution >= 0.6 is 0 Å². The van der Waals surface area contributed by atoms with Gasteiger partial charge >= 0.3 is 0 Å². The standard InChI is InChI=1S/2C22H21N.2C18H30.2C16H18.C14H22/c1-22(2,3)18-12-6-9-15-21(18)23-19-13-7-4-10-16(19)17-11-5-8-14-20(17)23;1-22(2,3)19-14-9-13-18-17-12-7-8-15-20(17)23(21(18)19)16-10-5-4-6-11-16;2*1-16(2,3)13-10-11-14(17(4,5)6)15(12-13)18(7,8)9;2*1-16(2,3)15-12-8-7-11-14(15)13-9-5-4-6-10-13;1-13(2,3)11-7-9-12(10-8-11)14(4,5)6/h2*4-15H,1-3H3;2*10-12H,1-9H3;2*4-12H,1-3H3;7-10H,1-6H3/i;;;;4D,5D,6D,9D,10D;;. The monoisotopic (exact) mass is 1710 g/mol. The molecule has 0 N–H and O–H groups in total. The Kier molecular flexibility index (Phi) is 29.1. The van der Waals surface area contributed by atoms with Crippen LogP contribution < -0.4 is 0 Å². The molecule has 2 nitrogen and oxygen atoms in total. The van der Waals surface area contributed by atoms with Crippen LogP contribution in [0.25, 0.3) is 77.2 Å². The third kappa shape index (κ3) is 25.9. The van der Waals surface area contributed by atoms with E-state index in [4.69, 9.17) is 6.85 Å². The number of hydrogen-bond donors (Lipinski definition) is 0. The lowest BCUT2D eigenvalue weighted by atomic mass is 9.73. The second-order valence-corrected chi connectivity index (χ2v) is 47.3. The molecule has 15 aromatic rings. The van der Waals surface area contributed by atoms with Crippen LogP contribution in [0.15, 0.2) is 315 Å². The van der Waals surface area contributed by atoms with E-state index in [1.807, 2.05) is 45.0 Å². The van der Waals surface area contributed by atoms with E-state index in [1.54, 1.807) is 0 Å². The lowest BCUT2D eigenvalue weighted by Gasteiger charge is -2.32. The van der Waals surface area contributed by atoms with Crippen molar-refractivity contribution in [1.82, 2.24) is 9.13 Å². The van der Waals surface area contributed by atoms with Crippen molar-refractivity contribution in [3.8, 4) is 33.6 Å². The van der Waals surface area contributed by atoms with Crippen molar-refractivity contribution in [2.45, 2.75) is 314 Å². The second kappa shape index (κ2) is 39.8. The van der Waals surface area contributed by atoms with Gasteiger partial charge in [-0.25, -0.2) is 0 Å². The molecule has 2 heterocycles. The first-order chi connectivity index (χ1) is 61.3. The van der Waals surface area contributed by atoms with Crippen LogP contribution in [0.4, 0.5) is 0 Å². The van der Waals surface area contributed by atoms with Crippen LogP contribution in [-0.2, 0) is 65.0 Å². The molecule has 0 fully saturated rings. The molecule has 128 heavy (non-hydrogen) atoms. The Morgan fingerprint density at radius 3 is 0.836 bits per heavy atom. The minimum absolute atomic E-state index is 0.0976. The first-order valence-corrected chi connectivity index (χ1v) is 46.7. The van der Waals surface area contributed by atoms with Gasteiger partial charge in [-0.05, 0) is 190 Å². The highest BCUT2D eigenvalue weighted by atomic mass is 15.0. The SMILES string of the molecule is CC(C)(C)c1ccc(C(C)(C)C)c(C(C)(C)C)c1.CC(C)(C)c1ccc(C(C)(C)C)c(C(C)(C)C)c1.CC(C)(C)c1ccc(C(C)(C)C)cc1.CC(C)(C)c1cccc2c3ccccc3n(-c3ccccc3)c12.CC(C)(C)c1ccccc1-c1ccccc1.CC(C)(C)c1ccccc1-n1c2ccccc2c2ccccc21.[2H]c1c([2H])c([2H])c(-c2ccccc2C(C)(C)C)c([2H])c1[2H]. The Morgan fingerprint density at radius 2 is 0.469 bits per heavy atom. The predicted octanol–water partition coefficient (Wildman–Crippen LogP) is 36.9. The van der Waals surface area contributed by atoms with Crippen molar-refractivity contribution in [3.63, 3.8) is 0 Å². The van der Waals surface area contributed by atoms with Gasteiger partial charge in [0.15, 0.2) is 0 Å². The highest BCUT2D eigenvalue weighted by molar-refractivity contribution is 6.11. The molecule has 0 aliphatic heterocycles. The Hall–Kier alpha value is -10.5. The highest BCUT2D eigenvalue weighted by Crippen LogP contribution is 2.44. The van der Waals surface area contributed by atoms with Gasteiger partial charge in [0.1, 0.15) is 0 Å². The molecular formula is C126H160N2. The van der Waals surface area contributed by atoms with Crippen LogP contribution in [-0.4, -0.2) is 9.13 Å². The summed E-state index contributed by atoms with van der Waals surface area (Å²) in [6.45, 7) is 81.4. The summed E-state index contributed by atoms with van der Waals surface area (Å²) in [6.07, 6.45) is 0. The maximum absolute atomic E-state index is 8.10. The summed E-state index contributed by atoms with van der Waals surface area (Å²) in [7, 11) is 0. The van der Waals surface area contributed by atoms with E-state index in [-0.39, 0.29) is 101 Å². The molecule has 0 atom stereocenters. The van der Waals surface area contributed by atoms with Gasteiger partial charge in [0.05, 0.1) is 28.9 Å². The third-order valence-corrected chi connectivity index (χ3v) is 24.0.